The third kappa shape index (κ3) is 5.23. The zero-order valence-electron chi connectivity index (χ0n) is 23.1. The van der Waals surface area contributed by atoms with Crippen LogP contribution in [0.25, 0.3) is 0 Å². The number of ether oxygens (including phenoxy) is 1. The van der Waals surface area contributed by atoms with Crippen molar-refractivity contribution in [1.82, 2.24) is 14.5 Å². The predicted molar refractivity (Wildman–Crippen MR) is 153 cm³/mol. The molecule has 1 aromatic heterocycles. The highest BCUT2D eigenvalue weighted by atomic mass is 19.1. The van der Waals surface area contributed by atoms with E-state index >= 15 is 0 Å². The number of nitrogens with two attached hydrogens (primary N) is 1. The van der Waals surface area contributed by atoms with Crippen molar-refractivity contribution in [3.63, 3.8) is 0 Å². The van der Waals surface area contributed by atoms with Gasteiger partial charge in [-0.2, -0.15) is 0 Å². The van der Waals surface area contributed by atoms with E-state index in [1.54, 1.807) is 23.1 Å². The van der Waals surface area contributed by atoms with Crippen LogP contribution in [0.1, 0.15) is 65.2 Å². The number of fused-ring (bicyclic) bond motifs is 3. The molecule has 5 rings (SSSR count). The molecule has 3 atom stereocenters. The van der Waals surface area contributed by atoms with Gasteiger partial charge in [-0.1, -0.05) is 68.0 Å². The number of aromatic nitrogens is 2. The van der Waals surface area contributed by atoms with Gasteiger partial charge in [0.25, 0.3) is 11.5 Å². The van der Waals surface area contributed by atoms with Crippen LogP contribution in [0.5, 0.6) is 5.75 Å². The highest BCUT2D eigenvalue weighted by Gasteiger charge is 2.40. The topological polar surface area (TPSA) is 90.5 Å². The van der Waals surface area contributed by atoms with Crippen molar-refractivity contribution in [2.24, 2.45) is 11.7 Å². The summed E-state index contributed by atoms with van der Waals surface area (Å²) in [6, 6.07) is 13.2. The quantitative estimate of drug-likeness (QED) is 0.416. The zero-order chi connectivity index (χ0) is 28.4. The fraction of sp³-hybridized carbons (Fsp3) is 0.344. The molecule has 2 aromatic carbocycles. The molecule has 208 valence electrons. The van der Waals surface area contributed by atoms with Gasteiger partial charge in [-0.3, -0.25) is 14.2 Å². The molecule has 0 spiro atoms. The number of hydrogen-bond acceptors (Lipinski definition) is 5. The van der Waals surface area contributed by atoms with E-state index in [0.717, 1.165) is 5.56 Å². The first-order valence-corrected chi connectivity index (χ1v) is 13.8. The van der Waals surface area contributed by atoms with Gasteiger partial charge >= 0.3 is 0 Å². The van der Waals surface area contributed by atoms with Crippen molar-refractivity contribution in [2.75, 3.05) is 13.1 Å². The average molecular weight is 543 g/mol. The minimum atomic E-state index is -0.577. The Hall–Kier alpha value is -4.04. The molecule has 2 heterocycles. The van der Waals surface area contributed by atoms with Gasteiger partial charge in [0.15, 0.2) is 0 Å². The van der Waals surface area contributed by atoms with Gasteiger partial charge in [-0.05, 0) is 50.1 Å². The number of hydrogen-bond donors (Lipinski definition) is 1. The normalized spacial score (nSPS) is 17.9. The van der Waals surface area contributed by atoms with E-state index in [1.165, 1.54) is 10.6 Å². The standard InChI is InChI=1S/C32H35FN4O3/c1-20(2)28(36(18-8-17-34)31(38)22-15-13-21(3)14-16-22)30-35-27-24-10-5-7-12-26(24)40-29(27)32(39)37(30)19-23-9-4-6-11-25(23)33/h4-7,9-16,20,24,26,28H,8,17-19,34H2,1-3H3. The first-order valence-electron chi connectivity index (χ1n) is 13.8. The lowest BCUT2D eigenvalue weighted by Gasteiger charge is -2.35. The van der Waals surface area contributed by atoms with E-state index < -0.39 is 11.9 Å². The van der Waals surface area contributed by atoms with Crippen molar-refractivity contribution < 1.29 is 13.9 Å². The number of carbonyl (C=O) groups excluding carboxylic acids is 1. The number of carbonyl (C=O) groups is 1. The highest BCUT2D eigenvalue weighted by Crippen LogP contribution is 2.40. The minimum Gasteiger partial charge on any atom is -0.478 e. The second-order valence-electron chi connectivity index (χ2n) is 10.7. The van der Waals surface area contributed by atoms with Crippen molar-refractivity contribution in [2.45, 2.75) is 51.8 Å². The van der Waals surface area contributed by atoms with E-state index in [1.807, 2.05) is 69.3 Å². The van der Waals surface area contributed by atoms with Crippen LogP contribution in [-0.2, 0) is 6.54 Å². The van der Waals surface area contributed by atoms with E-state index in [0.29, 0.717) is 42.2 Å². The lowest BCUT2D eigenvalue weighted by Crippen LogP contribution is -2.42. The molecule has 0 radical (unpaired) electrons. The third-order valence-electron chi connectivity index (χ3n) is 7.52. The van der Waals surface area contributed by atoms with Crippen LogP contribution < -0.4 is 16.0 Å². The summed E-state index contributed by atoms with van der Waals surface area (Å²) in [6.07, 6.45) is 7.92. The summed E-state index contributed by atoms with van der Waals surface area (Å²) in [5.41, 5.74) is 7.99. The van der Waals surface area contributed by atoms with Crippen LogP contribution >= 0.6 is 0 Å². The first kappa shape index (κ1) is 27.5. The first-order chi connectivity index (χ1) is 19.3. The molecule has 2 N–H and O–H groups in total. The van der Waals surface area contributed by atoms with E-state index in [4.69, 9.17) is 15.5 Å². The molecule has 0 saturated carbocycles. The number of aryl methyl sites for hydroxylation is 1. The molecule has 0 fully saturated rings. The Balaban J connectivity index is 1.69. The van der Waals surface area contributed by atoms with E-state index in [2.05, 4.69) is 0 Å². The van der Waals surface area contributed by atoms with Crippen molar-refractivity contribution in [3.05, 3.63) is 117 Å². The molecule has 1 amide bonds. The number of benzene rings is 2. The van der Waals surface area contributed by atoms with Gasteiger partial charge in [0.05, 0.1) is 18.5 Å². The predicted octanol–water partition coefficient (Wildman–Crippen LogP) is 4.90. The molecule has 7 nitrogen and oxygen atoms in total. The largest absolute Gasteiger partial charge is 0.478 e. The molecule has 2 aliphatic rings. The summed E-state index contributed by atoms with van der Waals surface area (Å²) in [5.74, 6) is -0.345. The van der Waals surface area contributed by atoms with Gasteiger partial charge in [-0.25, -0.2) is 9.37 Å². The Morgan fingerprint density at radius 2 is 1.85 bits per heavy atom. The summed E-state index contributed by atoms with van der Waals surface area (Å²) < 4.78 is 22.4. The van der Waals surface area contributed by atoms with Crippen molar-refractivity contribution in [1.29, 1.82) is 0 Å². The summed E-state index contributed by atoms with van der Waals surface area (Å²) in [6.45, 7) is 6.70. The molecule has 3 unspecified atom stereocenters. The number of rotatable bonds is 9. The Bertz CT molecular complexity index is 1510. The number of nitrogens with zero attached hydrogens (tertiary/aromatic N) is 3. The molecule has 0 saturated heterocycles. The molecule has 8 heteroatoms. The van der Waals surface area contributed by atoms with Gasteiger partial charge in [0, 0.05) is 17.7 Å². The summed E-state index contributed by atoms with van der Waals surface area (Å²) >= 11 is 0. The van der Waals surface area contributed by atoms with Gasteiger partial charge < -0.3 is 15.4 Å². The maximum atomic E-state index is 14.9. The Morgan fingerprint density at radius 3 is 2.55 bits per heavy atom. The summed E-state index contributed by atoms with van der Waals surface area (Å²) in [4.78, 5) is 34.9. The van der Waals surface area contributed by atoms with Crippen molar-refractivity contribution >= 4 is 5.91 Å². The maximum Gasteiger partial charge on any atom is 0.296 e. The van der Waals surface area contributed by atoms with E-state index in [-0.39, 0.29) is 41.7 Å². The fourth-order valence-corrected chi connectivity index (χ4v) is 5.45. The smallest absolute Gasteiger partial charge is 0.296 e. The minimum absolute atomic E-state index is 0.0435. The van der Waals surface area contributed by atoms with Gasteiger partial charge in [0.2, 0.25) is 5.75 Å². The molecule has 40 heavy (non-hydrogen) atoms. The zero-order valence-corrected chi connectivity index (χ0v) is 23.1. The van der Waals surface area contributed by atoms with Crippen molar-refractivity contribution in [3.8, 4) is 5.75 Å². The third-order valence-corrected chi connectivity index (χ3v) is 7.52. The molecule has 1 aliphatic carbocycles. The summed E-state index contributed by atoms with van der Waals surface area (Å²) in [7, 11) is 0. The number of amides is 1. The lowest BCUT2D eigenvalue weighted by atomic mass is 9.95. The second-order valence-corrected chi connectivity index (χ2v) is 10.7. The molecule has 0 bridgehead atoms. The van der Waals surface area contributed by atoms with Crippen LogP contribution in [-0.4, -0.2) is 39.6 Å². The maximum absolute atomic E-state index is 14.9. The lowest BCUT2D eigenvalue weighted by molar-refractivity contribution is 0.0601. The average Bonchev–Trinajstić information content (AvgIpc) is 3.32. The molecule has 3 aromatic rings. The fourth-order valence-electron chi connectivity index (χ4n) is 5.45. The number of allylic oxidation sites excluding steroid dienone is 2. The second kappa shape index (κ2) is 11.6. The van der Waals surface area contributed by atoms with Crippen LogP contribution in [0.4, 0.5) is 4.39 Å². The van der Waals surface area contributed by atoms with E-state index in [9.17, 15) is 14.0 Å². The van der Waals surface area contributed by atoms with Gasteiger partial charge in [0.1, 0.15) is 23.4 Å². The molecular formula is C32H35FN4O3. The number of halogens is 1. The Kier molecular flexibility index (Phi) is 7.98. The van der Waals surface area contributed by atoms with Crippen LogP contribution in [0.3, 0.4) is 0 Å². The molecule has 1 aliphatic heterocycles. The van der Waals surface area contributed by atoms with Crippen LogP contribution in [0.2, 0.25) is 0 Å². The van der Waals surface area contributed by atoms with Crippen LogP contribution in [0, 0.1) is 18.7 Å². The monoisotopic (exact) mass is 542 g/mol. The summed E-state index contributed by atoms with van der Waals surface area (Å²) in [5, 5.41) is 0. The molecular weight excluding hydrogens is 507 g/mol. The van der Waals surface area contributed by atoms with Gasteiger partial charge in [-0.15, -0.1) is 0 Å². The SMILES string of the molecule is Cc1ccc(C(=O)N(CCCN)C(c2nc3c(c(=O)n2Cc2ccccc2F)OC2C=CC=CC32)C(C)C)cc1. The highest BCUT2D eigenvalue weighted by molar-refractivity contribution is 5.94. The van der Waals surface area contributed by atoms with Crippen LogP contribution in [0.15, 0.2) is 77.6 Å². The Morgan fingerprint density at radius 1 is 1.12 bits per heavy atom. The Labute approximate surface area is 233 Å².